The second kappa shape index (κ2) is 8.13. The van der Waals surface area contributed by atoms with Gasteiger partial charge in [0.15, 0.2) is 5.96 Å². The van der Waals surface area contributed by atoms with Crippen LogP contribution in [-0.4, -0.2) is 30.1 Å². The van der Waals surface area contributed by atoms with E-state index >= 15 is 0 Å². The third-order valence-electron chi connectivity index (χ3n) is 4.93. The highest BCUT2D eigenvalue weighted by molar-refractivity contribution is 6.10. The van der Waals surface area contributed by atoms with Gasteiger partial charge in [-0.3, -0.25) is 9.36 Å². The molecule has 0 amide bonds. The van der Waals surface area contributed by atoms with Crippen LogP contribution in [0.2, 0.25) is 0 Å². The van der Waals surface area contributed by atoms with E-state index < -0.39 is 0 Å². The molecule has 4 N–H and O–H groups in total. The summed E-state index contributed by atoms with van der Waals surface area (Å²) in [6.07, 6.45) is 0. The first-order valence-corrected chi connectivity index (χ1v) is 9.52. The number of aromatic nitrogens is 1. The molecule has 0 aliphatic rings. The van der Waals surface area contributed by atoms with Gasteiger partial charge in [-0.1, -0.05) is 60.7 Å². The van der Waals surface area contributed by atoms with Crippen LogP contribution in [0.1, 0.15) is 4.79 Å². The van der Waals surface area contributed by atoms with Gasteiger partial charge < -0.3 is 16.2 Å². The first-order valence-electron chi connectivity index (χ1n) is 9.52. The van der Waals surface area contributed by atoms with Crippen molar-refractivity contribution in [3.63, 3.8) is 0 Å². The van der Waals surface area contributed by atoms with Crippen molar-refractivity contribution in [3.8, 4) is 28.1 Å². The fraction of sp³-hybridized carbons (Fsp3) is 0.0833. The van der Waals surface area contributed by atoms with Gasteiger partial charge >= 0.3 is 0 Å². The summed E-state index contributed by atoms with van der Waals surface area (Å²) in [6.45, 7) is -0.147. The smallest absolute Gasteiger partial charge is 0.253 e. The van der Waals surface area contributed by atoms with Crippen molar-refractivity contribution in [2.75, 3.05) is 13.7 Å². The van der Waals surface area contributed by atoms with Crippen LogP contribution in [0.3, 0.4) is 0 Å². The third-order valence-corrected chi connectivity index (χ3v) is 4.93. The fourth-order valence-electron chi connectivity index (χ4n) is 3.65. The highest BCUT2D eigenvalue weighted by Crippen LogP contribution is 2.42. The molecule has 6 nitrogen and oxygen atoms in total. The van der Waals surface area contributed by atoms with Crippen LogP contribution in [0.4, 0.5) is 0 Å². The Bertz CT molecular complexity index is 1220. The average molecular weight is 398 g/mol. The largest absolute Gasteiger partial charge is 0.497 e. The summed E-state index contributed by atoms with van der Waals surface area (Å²) >= 11 is 0. The Morgan fingerprint density at radius 3 is 2.17 bits per heavy atom. The Balaban J connectivity index is 2.11. The predicted molar refractivity (Wildman–Crippen MR) is 121 cm³/mol. The van der Waals surface area contributed by atoms with Crippen LogP contribution in [-0.2, 0) is 0 Å². The van der Waals surface area contributed by atoms with Crippen LogP contribution in [0, 0.1) is 0 Å². The molecule has 0 aliphatic carbocycles. The number of guanidine groups is 1. The number of benzene rings is 3. The number of rotatable bonds is 5. The molecule has 3 aromatic carbocycles. The molecular formula is C24H22N4O2. The predicted octanol–water partition coefficient (Wildman–Crippen LogP) is 3.90. The summed E-state index contributed by atoms with van der Waals surface area (Å²) in [5.41, 5.74) is 15.4. The standard InChI is InChI=1S/C24H22N4O2/c1-30-18-12-13-20-19(14-18)22(16-8-4-2-5-9-16)23(17-10-6-3-7-11-17)28(20)21(29)15-27-24(25)26/h2-14H,15H2,1H3,(H4,25,26,27). The molecule has 0 saturated carbocycles. The first kappa shape index (κ1) is 19.3. The van der Waals surface area contributed by atoms with Gasteiger partial charge in [0.25, 0.3) is 5.91 Å². The molecule has 0 spiro atoms. The molecule has 6 heteroatoms. The molecule has 0 saturated heterocycles. The maximum atomic E-state index is 13.3. The number of methoxy groups -OCH3 is 1. The maximum absolute atomic E-state index is 13.3. The second-order valence-electron chi connectivity index (χ2n) is 6.81. The van der Waals surface area contributed by atoms with Crippen LogP contribution < -0.4 is 16.2 Å². The lowest BCUT2D eigenvalue weighted by Gasteiger charge is -2.11. The van der Waals surface area contributed by atoms with Crippen LogP contribution in [0.5, 0.6) is 5.75 Å². The van der Waals surface area contributed by atoms with Crippen LogP contribution >= 0.6 is 0 Å². The van der Waals surface area contributed by atoms with Crippen molar-refractivity contribution < 1.29 is 9.53 Å². The van der Waals surface area contributed by atoms with Crippen molar-refractivity contribution >= 4 is 22.8 Å². The zero-order chi connectivity index (χ0) is 21.1. The van der Waals surface area contributed by atoms with Crippen molar-refractivity contribution in [2.45, 2.75) is 0 Å². The summed E-state index contributed by atoms with van der Waals surface area (Å²) in [5.74, 6) is 0.374. The van der Waals surface area contributed by atoms with Gasteiger partial charge in [-0.2, -0.15) is 0 Å². The number of aliphatic imine (C=N–C) groups is 1. The lowest BCUT2D eigenvalue weighted by atomic mass is 9.98. The van der Waals surface area contributed by atoms with Gasteiger partial charge in [0.1, 0.15) is 12.3 Å². The van der Waals surface area contributed by atoms with Crippen molar-refractivity contribution in [3.05, 3.63) is 78.9 Å². The monoisotopic (exact) mass is 398 g/mol. The number of ether oxygens (including phenoxy) is 1. The molecule has 0 bridgehead atoms. The molecule has 1 heterocycles. The molecule has 150 valence electrons. The Morgan fingerprint density at radius 1 is 0.933 bits per heavy atom. The highest BCUT2D eigenvalue weighted by atomic mass is 16.5. The van der Waals surface area contributed by atoms with Gasteiger partial charge in [0.2, 0.25) is 0 Å². The number of carbonyl (C=O) groups is 1. The minimum absolute atomic E-state index is 0.119. The third kappa shape index (κ3) is 3.51. The van der Waals surface area contributed by atoms with E-state index in [1.165, 1.54) is 0 Å². The molecule has 30 heavy (non-hydrogen) atoms. The van der Waals surface area contributed by atoms with Gasteiger partial charge in [-0.25, -0.2) is 4.99 Å². The fourth-order valence-corrected chi connectivity index (χ4v) is 3.65. The molecule has 1 aromatic heterocycles. The van der Waals surface area contributed by atoms with Gasteiger partial charge in [0.05, 0.1) is 18.3 Å². The quantitative estimate of drug-likeness (QED) is 0.394. The molecule has 4 rings (SSSR count). The van der Waals surface area contributed by atoms with Gasteiger partial charge in [-0.15, -0.1) is 0 Å². The molecule has 0 aliphatic heterocycles. The number of fused-ring (bicyclic) bond motifs is 1. The lowest BCUT2D eigenvalue weighted by Crippen LogP contribution is -2.25. The molecule has 0 fully saturated rings. The second-order valence-corrected chi connectivity index (χ2v) is 6.81. The minimum Gasteiger partial charge on any atom is -0.497 e. The number of nitrogens with two attached hydrogens (primary N) is 2. The normalized spacial score (nSPS) is 10.7. The Kier molecular flexibility index (Phi) is 5.22. The summed E-state index contributed by atoms with van der Waals surface area (Å²) in [4.78, 5) is 17.2. The Morgan fingerprint density at radius 2 is 1.57 bits per heavy atom. The maximum Gasteiger partial charge on any atom is 0.253 e. The van der Waals surface area contributed by atoms with Crippen molar-refractivity contribution in [1.29, 1.82) is 0 Å². The zero-order valence-corrected chi connectivity index (χ0v) is 16.6. The molecule has 0 radical (unpaired) electrons. The summed E-state index contributed by atoms with van der Waals surface area (Å²) < 4.78 is 7.15. The summed E-state index contributed by atoms with van der Waals surface area (Å²) in [6, 6.07) is 25.5. The van der Waals surface area contributed by atoms with E-state index in [4.69, 9.17) is 16.2 Å². The van der Waals surface area contributed by atoms with E-state index in [0.717, 1.165) is 33.3 Å². The SMILES string of the molecule is COc1ccc2c(c1)c(-c1ccccc1)c(-c1ccccc1)n2C(=O)CN=C(N)N. The van der Waals surface area contributed by atoms with E-state index in [9.17, 15) is 4.79 Å². The number of hydrogen-bond donors (Lipinski definition) is 2. The Hall–Kier alpha value is -4.06. The molecule has 0 atom stereocenters. The van der Waals surface area contributed by atoms with E-state index in [-0.39, 0.29) is 18.4 Å². The molecule has 0 unspecified atom stereocenters. The van der Waals surface area contributed by atoms with E-state index in [1.54, 1.807) is 11.7 Å². The van der Waals surface area contributed by atoms with Crippen LogP contribution in [0.25, 0.3) is 33.3 Å². The highest BCUT2D eigenvalue weighted by Gasteiger charge is 2.24. The molecular weight excluding hydrogens is 376 g/mol. The first-order chi connectivity index (χ1) is 14.6. The zero-order valence-electron chi connectivity index (χ0n) is 16.6. The minimum atomic E-state index is -0.223. The number of hydrogen-bond acceptors (Lipinski definition) is 3. The van der Waals surface area contributed by atoms with E-state index in [2.05, 4.69) is 4.99 Å². The number of nitrogens with zero attached hydrogens (tertiary/aromatic N) is 2. The van der Waals surface area contributed by atoms with Crippen LogP contribution in [0.15, 0.2) is 83.9 Å². The average Bonchev–Trinajstić information content (AvgIpc) is 3.13. The molecule has 4 aromatic rings. The topological polar surface area (TPSA) is 95.6 Å². The number of carbonyl (C=O) groups excluding carboxylic acids is 1. The Labute approximate surface area is 174 Å². The van der Waals surface area contributed by atoms with Gasteiger partial charge in [-0.05, 0) is 29.3 Å². The van der Waals surface area contributed by atoms with Crippen molar-refractivity contribution in [2.24, 2.45) is 16.5 Å². The summed E-state index contributed by atoms with van der Waals surface area (Å²) in [5, 5.41) is 0.914. The van der Waals surface area contributed by atoms with Crippen molar-refractivity contribution in [1.82, 2.24) is 4.57 Å². The van der Waals surface area contributed by atoms with E-state index in [0.29, 0.717) is 5.75 Å². The lowest BCUT2D eigenvalue weighted by molar-refractivity contribution is 0.0931. The summed E-state index contributed by atoms with van der Waals surface area (Å²) in [7, 11) is 1.63. The van der Waals surface area contributed by atoms with Gasteiger partial charge in [0, 0.05) is 10.9 Å². The van der Waals surface area contributed by atoms with E-state index in [1.807, 2.05) is 78.9 Å².